The van der Waals surface area contributed by atoms with E-state index in [0.717, 1.165) is 11.1 Å². The first-order valence-electron chi connectivity index (χ1n) is 11.4. The molecule has 0 aliphatic heterocycles. The molecule has 0 spiro atoms. The standard InChI is InChI=1S/C24H26FN9O2/c1-17-5-4-6-18(11-17)13-27-24(36)21-15-33(31-29-21)10-8-19(25)14-34-16-22(30-32-34)28-23(35)12-20-7-2-3-9-26-20/h2-7,9,11,15-16,19H,8,10,12-14H2,1H3,(H,27,36)(H,28,35). The third-order valence-electron chi connectivity index (χ3n) is 5.24. The van der Waals surface area contributed by atoms with Crippen LogP contribution in [0.25, 0.3) is 0 Å². The number of rotatable bonds is 11. The zero-order valence-electron chi connectivity index (χ0n) is 19.7. The Labute approximate surface area is 206 Å². The van der Waals surface area contributed by atoms with E-state index in [1.807, 2.05) is 31.2 Å². The lowest BCUT2D eigenvalue weighted by atomic mass is 10.1. The number of carbonyl (C=O) groups excluding carboxylic acids is 2. The molecule has 0 saturated heterocycles. The topological polar surface area (TPSA) is 133 Å². The fourth-order valence-corrected chi connectivity index (χ4v) is 3.47. The van der Waals surface area contributed by atoms with Crippen molar-refractivity contribution < 1.29 is 14.0 Å². The summed E-state index contributed by atoms with van der Waals surface area (Å²) in [6.45, 7) is 2.56. The van der Waals surface area contributed by atoms with E-state index >= 15 is 0 Å². The van der Waals surface area contributed by atoms with Crippen molar-refractivity contribution in [2.24, 2.45) is 0 Å². The van der Waals surface area contributed by atoms with Crippen molar-refractivity contribution in [1.29, 1.82) is 0 Å². The quantitative estimate of drug-likeness (QED) is 0.328. The highest BCUT2D eigenvalue weighted by atomic mass is 19.1. The van der Waals surface area contributed by atoms with Gasteiger partial charge in [-0.15, -0.1) is 10.2 Å². The largest absolute Gasteiger partial charge is 0.347 e. The average Bonchev–Trinajstić information content (AvgIpc) is 3.51. The van der Waals surface area contributed by atoms with Crippen molar-refractivity contribution in [2.75, 3.05) is 5.32 Å². The lowest BCUT2D eigenvalue weighted by Gasteiger charge is -2.07. The molecule has 0 aliphatic rings. The number of anilines is 1. The van der Waals surface area contributed by atoms with Gasteiger partial charge >= 0.3 is 0 Å². The smallest absolute Gasteiger partial charge is 0.273 e. The number of nitrogens with zero attached hydrogens (tertiary/aromatic N) is 7. The van der Waals surface area contributed by atoms with E-state index in [1.54, 1.807) is 24.4 Å². The molecule has 186 valence electrons. The van der Waals surface area contributed by atoms with Gasteiger partial charge in [0.25, 0.3) is 5.91 Å². The van der Waals surface area contributed by atoms with E-state index in [0.29, 0.717) is 12.2 Å². The Morgan fingerprint density at radius 3 is 2.72 bits per heavy atom. The molecule has 1 aromatic carbocycles. The zero-order chi connectivity index (χ0) is 25.3. The molecule has 2 amide bonds. The van der Waals surface area contributed by atoms with Gasteiger partial charge in [-0.3, -0.25) is 19.3 Å². The van der Waals surface area contributed by atoms with Gasteiger partial charge in [-0.25, -0.2) is 9.07 Å². The van der Waals surface area contributed by atoms with Crippen molar-refractivity contribution >= 4 is 17.6 Å². The van der Waals surface area contributed by atoms with Crippen molar-refractivity contribution in [3.63, 3.8) is 0 Å². The Morgan fingerprint density at radius 2 is 1.92 bits per heavy atom. The summed E-state index contributed by atoms with van der Waals surface area (Å²) in [5.41, 5.74) is 2.90. The van der Waals surface area contributed by atoms with Gasteiger partial charge in [0.1, 0.15) is 6.17 Å². The van der Waals surface area contributed by atoms with E-state index in [9.17, 15) is 14.0 Å². The second-order valence-electron chi connectivity index (χ2n) is 8.30. The second kappa shape index (κ2) is 11.8. The number of aryl methyl sites for hydroxylation is 2. The molecule has 0 fully saturated rings. The fourth-order valence-electron chi connectivity index (χ4n) is 3.47. The van der Waals surface area contributed by atoms with Gasteiger partial charge in [-0.1, -0.05) is 46.3 Å². The van der Waals surface area contributed by atoms with Gasteiger partial charge < -0.3 is 10.6 Å². The van der Waals surface area contributed by atoms with Crippen LogP contribution in [0.2, 0.25) is 0 Å². The molecular weight excluding hydrogens is 465 g/mol. The molecule has 0 saturated carbocycles. The van der Waals surface area contributed by atoms with Crippen molar-refractivity contribution in [2.45, 2.75) is 45.6 Å². The number of alkyl halides is 1. The number of halogens is 1. The highest BCUT2D eigenvalue weighted by Crippen LogP contribution is 2.08. The van der Waals surface area contributed by atoms with Crippen LogP contribution in [0.5, 0.6) is 0 Å². The predicted molar refractivity (Wildman–Crippen MR) is 128 cm³/mol. The van der Waals surface area contributed by atoms with Crippen LogP contribution in [0.1, 0.15) is 33.7 Å². The number of amides is 2. The predicted octanol–water partition coefficient (Wildman–Crippen LogP) is 2.11. The van der Waals surface area contributed by atoms with Crippen LogP contribution >= 0.6 is 0 Å². The first kappa shape index (κ1) is 24.6. The Hall–Kier alpha value is -4.48. The van der Waals surface area contributed by atoms with Crippen molar-refractivity contribution in [1.82, 2.24) is 40.3 Å². The van der Waals surface area contributed by atoms with Gasteiger partial charge in [0.05, 0.1) is 25.4 Å². The van der Waals surface area contributed by atoms with Crippen molar-refractivity contribution in [3.8, 4) is 0 Å². The molecule has 3 heterocycles. The van der Waals surface area contributed by atoms with E-state index in [4.69, 9.17) is 0 Å². The third-order valence-corrected chi connectivity index (χ3v) is 5.24. The molecule has 0 radical (unpaired) electrons. The number of carbonyl (C=O) groups is 2. The number of benzene rings is 1. The molecule has 4 aromatic rings. The number of hydrogen-bond acceptors (Lipinski definition) is 7. The maximum atomic E-state index is 14.5. The number of aromatic nitrogens is 7. The summed E-state index contributed by atoms with van der Waals surface area (Å²) >= 11 is 0. The summed E-state index contributed by atoms with van der Waals surface area (Å²) in [5.74, 6) is -0.400. The molecule has 11 nitrogen and oxygen atoms in total. The van der Waals surface area contributed by atoms with E-state index in [1.165, 1.54) is 21.8 Å². The SMILES string of the molecule is Cc1cccc(CNC(=O)c2cn(CCC(F)Cn3cc(NC(=O)Cc4ccccn4)nn3)nn2)c1. The molecule has 2 N–H and O–H groups in total. The summed E-state index contributed by atoms with van der Waals surface area (Å²) in [4.78, 5) is 28.5. The van der Waals surface area contributed by atoms with Gasteiger partial charge in [0, 0.05) is 31.4 Å². The van der Waals surface area contributed by atoms with Crippen LogP contribution in [0.4, 0.5) is 10.2 Å². The molecule has 0 aliphatic carbocycles. The molecule has 4 rings (SSSR count). The molecule has 1 atom stereocenters. The minimum absolute atomic E-state index is 0.0400. The van der Waals surface area contributed by atoms with Crippen LogP contribution < -0.4 is 10.6 Å². The first-order chi connectivity index (χ1) is 17.4. The van der Waals surface area contributed by atoms with Gasteiger partial charge in [0.2, 0.25) is 5.91 Å². The van der Waals surface area contributed by atoms with Gasteiger partial charge in [0.15, 0.2) is 11.5 Å². The number of nitrogens with one attached hydrogen (secondary N) is 2. The fraction of sp³-hybridized carbons (Fsp3) is 0.292. The highest BCUT2D eigenvalue weighted by molar-refractivity contribution is 5.92. The molecule has 1 unspecified atom stereocenters. The summed E-state index contributed by atoms with van der Waals surface area (Å²) in [6.07, 6.45) is 3.56. The number of hydrogen-bond donors (Lipinski definition) is 2. The number of pyridine rings is 1. The van der Waals surface area contributed by atoms with Gasteiger partial charge in [-0.05, 0) is 24.6 Å². The Kier molecular flexibility index (Phi) is 8.06. The minimum atomic E-state index is -1.24. The minimum Gasteiger partial charge on any atom is -0.347 e. The summed E-state index contributed by atoms with van der Waals surface area (Å²) in [7, 11) is 0. The molecule has 3 aromatic heterocycles. The maximum absolute atomic E-state index is 14.5. The van der Waals surface area contributed by atoms with Crippen LogP contribution in [-0.4, -0.2) is 53.0 Å². The molecular formula is C24H26FN9O2. The van der Waals surface area contributed by atoms with E-state index in [-0.39, 0.29) is 49.3 Å². The maximum Gasteiger partial charge on any atom is 0.273 e. The lowest BCUT2D eigenvalue weighted by Crippen LogP contribution is -2.23. The Balaban J connectivity index is 1.19. The Bertz CT molecular complexity index is 1310. The van der Waals surface area contributed by atoms with Crippen LogP contribution in [0, 0.1) is 6.92 Å². The first-order valence-corrected chi connectivity index (χ1v) is 11.4. The summed E-state index contributed by atoms with van der Waals surface area (Å²) < 4.78 is 17.3. The van der Waals surface area contributed by atoms with Crippen LogP contribution in [-0.2, 0) is 30.8 Å². The lowest BCUT2D eigenvalue weighted by molar-refractivity contribution is -0.115. The monoisotopic (exact) mass is 491 g/mol. The van der Waals surface area contributed by atoms with E-state index in [2.05, 4.69) is 36.2 Å². The zero-order valence-corrected chi connectivity index (χ0v) is 19.7. The van der Waals surface area contributed by atoms with E-state index < -0.39 is 6.17 Å². The average molecular weight is 492 g/mol. The van der Waals surface area contributed by atoms with Crippen LogP contribution in [0.3, 0.4) is 0 Å². The summed E-state index contributed by atoms with van der Waals surface area (Å²) in [5, 5.41) is 20.9. The summed E-state index contributed by atoms with van der Waals surface area (Å²) in [6, 6.07) is 13.2. The molecule has 12 heteroatoms. The second-order valence-corrected chi connectivity index (χ2v) is 8.30. The van der Waals surface area contributed by atoms with Gasteiger partial charge in [-0.2, -0.15) is 0 Å². The molecule has 36 heavy (non-hydrogen) atoms. The normalized spacial score (nSPS) is 11.7. The molecule has 0 bridgehead atoms. The highest BCUT2D eigenvalue weighted by Gasteiger charge is 2.14. The Morgan fingerprint density at radius 1 is 1.06 bits per heavy atom. The van der Waals surface area contributed by atoms with Crippen molar-refractivity contribution in [3.05, 3.63) is 83.6 Å². The van der Waals surface area contributed by atoms with Crippen LogP contribution in [0.15, 0.2) is 61.1 Å². The third kappa shape index (κ3) is 7.26.